The summed E-state index contributed by atoms with van der Waals surface area (Å²) in [5, 5.41) is 0.897. The number of carbonyl (C=O) groups is 2. The molecule has 5 rings (SSSR count). The number of pyridine rings is 1. The quantitative estimate of drug-likeness (QED) is 0.574. The van der Waals surface area contributed by atoms with Gasteiger partial charge < -0.3 is 23.7 Å². The predicted molar refractivity (Wildman–Crippen MR) is 127 cm³/mol. The van der Waals surface area contributed by atoms with Crippen molar-refractivity contribution in [3.05, 3.63) is 48.4 Å². The van der Waals surface area contributed by atoms with E-state index >= 15 is 0 Å². The number of carbonyl (C=O) groups excluding carboxylic acids is 2. The minimum absolute atomic E-state index is 0.172. The first-order valence-electron chi connectivity index (χ1n) is 11.6. The van der Waals surface area contributed by atoms with Gasteiger partial charge in [0.2, 0.25) is 0 Å². The van der Waals surface area contributed by atoms with Crippen molar-refractivity contribution in [1.29, 1.82) is 0 Å². The molecule has 0 radical (unpaired) electrons. The lowest BCUT2D eigenvalue weighted by Crippen LogP contribution is -2.49. The number of fused-ring (bicyclic) bond motifs is 2. The van der Waals surface area contributed by atoms with E-state index in [2.05, 4.69) is 4.98 Å². The number of ketones is 1. The lowest BCUT2D eigenvalue weighted by atomic mass is 10.0. The van der Waals surface area contributed by atoms with Crippen molar-refractivity contribution in [2.45, 2.75) is 45.4 Å². The Kier molecular flexibility index (Phi) is 5.77. The average molecular weight is 464 g/mol. The van der Waals surface area contributed by atoms with Gasteiger partial charge in [-0.05, 0) is 56.7 Å². The molecule has 0 unspecified atom stereocenters. The second-order valence-electron chi connectivity index (χ2n) is 9.76. The smallest absolute Gasteiger partial charge is 0.410 e. The molecule has 1 atom stereocenters. The van der Waals surface area contributed by atoms with Gasteiger partial charge in [0.15, 0.2) is 5.78 Å². The molecule has 2 aromatic heterocycles. The Balaban J connectivity index is 1.35. The summed E-state index contributed by atoms with van der Waals surface area (Å²) in [4.78, 5) is 30.8. The normalized spacial score (nSPS) is 18.3. The highest BCUT2D eigenvalue weighted by Crippen LogP contribution is 2.34. The van der Waals surface area contributed by atoms with Crippen LogP contribution >= 0.6 is 0 Å². The Hall–Kier alpha value is -3.39. The molecule has 0 saturated carbocycles. The highest BCUT2D eigenvalue weighted by Gasteiger charge is 2.29. The van der Waals surface area contributed by atoms with Gasteiger partial charge in [-0.25, -0.2) is 4.79 Å². The molecule has 1 fully saturated rings. The second-order valence-corrected chi connectivity index (χ2v) is 9.76. The molecule has 0 aliphatic carbocycles. The summed E-state index contributed by atoms with van der Waals surface area (Å²) < 4.78 is 19.6. The fraction of sp³-hybridized carbons (Fsp3) is 0.423. The molecule has 178 valence electrons. The van der Waals surface area contributed by atoms with Gasteiger partial charge in [0, 0.05) is 42.9 Å². The molecule has 8 nitrogen and oxygen atoms in total. The van der Waals surface area contributed by atoms with E-state index in [0.717, 1.165) is 34.3 Å². The number of rotatable bonds is 4. The molecule has 1 saturated heterocycles. The standard InChI is InChI=1S/C26H29N3O5/c1-26(2,3)34-25(31)29-9-10-32-19(15-29)16-33-24-13-17(11-21-20(24)5-4-7-27-21)18-12-22-23(30)6-8-28(22)14-18/h4-5,7,11-14,19H,6,8-10,15-16H2,1-3H3/t19-/m0/s1. The third-order valence-corrected chi connectivity index (χ3v) is 5.99. The molecular formula is C26H29N3O5. The topological polar surface area (TPSA) is 82.9 Å². The van der Waals surface area contributed by atoms with E-state index in [-0.39, 0.29) is 24.6 Å². The summed E-state index contributed by atoms with van der Waals surface area (Å²) in [6.07, 6.45) is 3.71. The van der Waals surface area contributed by atoms with Gasteiger partial charge in [-0.15, -0.1) is 0 Å². The van der Waals surface area contributed by atoms with Crippen molar-refractivity contribution in [2.24, 2.45) is 0 Å². The van der Waals surface area contributed by atoms with E-state index in [0.29, 0.717) is 31.9 Å². The molecule has 2 aliphatic rings. The highest BCUT2D eigenvalue weighted by atomic mass is 16.6. The van der Waals surface area contributed by atoms with Crippen LogP contribution < -0.4 is 4.74 Å². The van der Waals surface area contributed by atoms with Crippen molar-refractivity contribution >= 4 is 22.8 Å². The fourth-order valence-corrected chi connectivity index (χ4v) is 4.37. The Morgan fingerprint density at radius 3 is 2.85 bits per heavy atom. The molecule has 1 amide bonds. The van der Waals surface area contributed by atoms with Crippen LogP contribution in [0.3, 0.4) is 0 Å². The van der Waals surface area contributed by atoms with E-state index in [1.165, 1.54) is 0 Å². The zero-order chi connectivity index (χ0) is 23.9. The summed E-state index contributed by atoms with van der Waals surface area (Å²) in [6, 6.07) is 9.78. The van der Waals surface area contributed by atoms with Crippen LogP contribution in [0.4, 0.5) is 4.79 Å². The molecule has 34 heavy (non-hydrogen) atoms. The first kappa shape index (κ1) is 22.4. The molecule has 3 aromatic rings. The van der Waals surface area contributed by atoms with E-state index in [4.69, 9.17) is 14.2 Å². The van der Waals surface area contributed by atoms with Crippen LogP contribution in [0.2, 0.25) is 0 Å². The van der Waals surface area contributed by atoms with Crippen molar-refractivity contribution < 1.29 is 23.8 Å². The van der Waals surface area contributed by atoms with E-state index < -0.39 is 5.60 Å². The maximum absolute atomic E-state index is 12.5. The van der Waals surface area contributed by atoms with Crippen LogP contribution in [-0.2, 0) is 16.0 Å². The van der Waals surface area contributed by atoms with Crippen molar-refractivity contribution in [1.82, 2.24) is 14.5 Å². The first-order chi connectivity index (χ1) is 16.3. The molecular weight excluding hydrogens is 434 g/mol. The number of morpholine rings is 1. The third-order valence-electron chi connectivity index (χ3n) is 5.99. The fourth-order valence-electron chi connectivity index (χ4n) is 4.37. The Morgan fingerprint density at radius 1 is 1.21 bits per heavy atom. The van der Waals surface area contributed by atoms with Gasteiger partial charge in [-0.1, -0.05) is 0 Å². The minimum atomic E-state index is -0.544. The number of hydrogen-bond acceptors (Lipinski definition) is 6. The molecule has 0 spiro atoms. The number of benzene rings is 1. The van der Waals surface area contributed by atoms with Gasteiger partial charge in [-0.2, -0.15) is 0 Å². The lowest BCUT2D eigenvalue weighted by Gasteiger charge is -2.34. The van der Waals surface area contributed by atoms with Crippen molar-refractivity contribution in [2.75, 3.05) is 26.3 Å². The molecule has 1 aromatic carbocycles. The number of Topliss-reactive ketones (excluding diaryl/α,β-unsaturated/α-hetero) is 1. The maximum atomic E-state index is 12.5. The number of ether oxygens (including phenoxy) is 3. The first-order valence-corrected chi connectivity index (χ1v) is 11.6. The average Bonchev–Trinajstić information content (AvgIpc) is 3.38. The SMILES string of the molecule is CC(C)(C)OC(=O)N1CCO[C@H](COc2cc(-c3cc4n(c3)CCC4=O)cc3ncccc23)C1. The van der Waals surface area contributed by atoms with Crippen LogP contribution in [-0.4, -0.2) is 64.3 Å². The van der Waals surface area contributed by atoms with Crippen molar-refractivity contribution in [3.63, 3.8) is 0 Å². The van der Waals surface area contributed by atoms with Crippen LogP contribution in [0.1, 0.15) is 37.7 Å². The Morgan fingerprint density at radius 2 is 2.06 bits per heavy atom. The number of hydrogen-bond donors (Lipinski definition) is 0. The van der Waals surface area contributed by atoms with Gasteiger partial charge in [-0.3, -0.25) is 9.78 Å². The lowest BCUT2D eigenvalue weighted by molar-refractivity contribution is -0.0555. The monoisotopic (exact) mass is 463 g/mol. The largest absolute Gasteiger partial charge is 0.490 e. The van der Waals surface area contributed by atoms with Gasteiger partial charge in [0.25, 0.3) is 0 Å². The summed E-state index contributed by atoms with van der Waals surface area (Å²) in [5.41, 5.74) is 2.92. The van der Waals surface area contributed by atoms with Crippen LogP contribution in [0.15, 0.2) is 42.7 Å². The van der Waals surface area contributed by atoms with Gasteiger partial charge in [0.1, 0.15) is 24.1 Å². The molecule has 4 heterocycles. The minimum Gasteiger partial charge on any atom is -0.490 e. The maximum Gasteiger partial charge on any atom is 0.410 e. The summed E-state index contributed by atoms with van der Waals surface area (Å²) in [6.45, 7) is 7.90. The molecule has 0 N–H and O–H groups in total. The van der Waals surface area contributed by atoms with Crippen molar-refractivity contribution in [3.8, 4) is 16.9 Å². The van der Waals surface area contributed by atoms with Crippen LogP contribution in [0, 0.1) is 0 Å². The summed E-state index contributed by atoms with van der Waals surface area (Å²) in [7, 11) is 0. The molecule has 2 aliphatic heterocycles. The van der Waals surface area contributed by atoms with E-state index in [1.54, 1.807) is 11.1 Å². The van der Waals surface area contributed by atoms with Gasteiger partial charge in [0.05, 0.1) is 24.4 Å². The zero-order valence-electron chi connectivity index (χ0n) is 19.7. The number of amides is 1. The summed E-state index contributed by atoms with van der Waals surface area (Å²) >= 11 is 0. The highest BCUT2D eigenvalue weighted by molar-refractivity contribution is 5.98. The second kappa shape index (κ2) is 8.76. The van der Waals surface area contributed by atoms with E-state index in [9.17, 15) is 9.59 Å². The van der Waals surface area contributed by atoms with E-state index in [1.807, 2.05) is 61.9 Å². The Labute approximate surface area is 198 Å². The predicted octanol–water partition coefficient (Wildman–Crippen LogP) is 4.30. The number of aryl methyl sites for hydroxylation is 1. The Bertz CT molecular complexity index is 1240. The number of nitrogens with zero attached hydrogens (tertiary/aromatic N) is 3. The van der Waals surface area contributed by atoms with Crippen LogP contribution in [0.5, 0.6) is 5.75 Å². The molecule has 8 heteroatoms. The zero-order valence-corrected chi connectivity index (χ0v) is 19.7. The van der Waals surface area contributed by atoms with Crippen LogP contribution in [0.25, 0.3) is 22.0 Å². The van der Waals surface area contributed by atoms with Gasteiger partial charge >= 0.3 is 6.09 Å². The molecule has 0 bridgehead atoms. The number of aromatic nitrogens is 2. The summed E-state index contributed by atoms with van der Waals surface area (Å²) in [5.74, 6) is 0.863. The third kappa shape index (κ3) is 4.63.